The van der Waals surface area contributed by atoms with E-state index in [1.54, 1.807) is 6.07 Å². The maximum absolute atomic E-state index is 11.4. The van der Waals surface area contributed by atoms with Crippen molar-refractivity contribution in [2.45, 2.75) is 32.6 Å². The standard InChI is InChI=1S/C27H29NO4/c1-3-25(27(29)30)23-11-8-12-24(19-23)31-17-18-32-28-26(4-2)22-15-13-21(14-16-22)20-9-6-5-7-10-20/h5-16,19,25H,3-4,17-18H2,1-2H3,(H,29,30)/b28-26-. The molecule has 0 heterocycles. The van der Waals surface area contributed by atoms with E-state index in [1.807, 2.05) is 50.2 Å². The van der Waals surface area contributed by atoms with Crippen LogP contribution in [0.3, 0.4) is 0 Å². The predicted octanol–water partition coefficient (Wildman–Crippen LogP) is 6.14. The van der Waals surface area contributed by atoms with Gasteiger partial charge in [0.05, 0.1) is 11.6 Å². The Hall–Kier alpha value is -3.60. The summed E-state index contributed by atoms with van der Waals surface area (Å²) in [6.07, 6.45) is 1.28. The van der Waals surface area contributed by atoms with Crippen LogP contribution >= 0.6 is 0 Å². The second-order valence-electron chi connectivity index (χ2n) is 7.39. The van der Waals surface area contributed by atoms with E-state index in [0.717, 1.165) is 28.8 Å². The Morgan fingerprint density at radius 2 is 1.62 bits per heavy atom. The van der Waals surface area contributed by atoms with Crippen molar-refractivity contribution >= 4 is 11.7 Å². The summed E-state index contributed by atoms with van der Waals surface area (Å²) in [4.78, 5) is 16.8. The van der Waals surface area contributed by atoms with Crippen LogP contribution in [0.1, 0.15) is 43.7 Å². The van der Waals surface area contributed by atoms with Crippen molar-refractivity contribution in [1.29, 1.82) is 0 Å². The number of hydrogen-bond donors (Lipinski definition) is 1. The maximum Gasteiger partial charge on any atom is 0.310 e. The highest BCUT2D eigenvalue weighted by Crippen LogP contribution is 2.24. The van der Waals surface area contributed by atoms with E-state index in [2.05, 4.69) is 41.6 Å². The SMILES string of the molecule is CC/C(=N/OCCOc1cccc(C(CC)C(=O)O)c1)c1ccc(-c2ccccc2)cc1. The van der Waals surface area contributed by atoms with E-state index in [1.165, 1.54) is 5.56 Å². The molecule has 0 spiro atoms. The third-order valence-corrected chi connectivity index (χ3v) is 5.25. The molecule has 0 aliphatic rings. The molecule has 0 amide bonds. The van der Waals surface area contributed by atoms with E-state index < -0.39 is 11.9 Å². The van der Waals surface area contributed by atoms with Gasteiger partial charge in [0.25, 0.3) is 0 Å². The summed E-state index contributed by atoms with van der Waals surface area (Å²) in [6.45, 7) is 4.52. The summed E-state index contributed by atoms with van der Waals surface area (Å²) >= 11 is 0. The summed E-state index contributed by atoms with van der Waals surface area (Å²) in [7, 11) is 0. The molecule has 3 aromatic carbocycles. The minimum Gasteiger partial charge on any atom is -0.490 e. The van der Waals surface area contributed by atoms with E-state index in [4.69, 9.17) is 9.57 Å². The average Bonchev–Trinajstić information content (AvgIpc) is 2.83. The van der Waals surface area contributed by atoms with Crippen LogP contribution in [0.25, 0.3) is 11.1 Å². The molecule has 0 aliphatic carbocycles. The zero-order chi connectivity index (χ0) is 22.8. The Morgan fingerprint density at radius 1 is 0.906 bits per heavy atom. The first-order chi connectivity index (χ1) is 15.6. The van der Waals surface area contributed by atoms with Crippen LogP contribution in [0.15, 0.2) is 84.0 Å². The van der Waals surface area contributed by atoms with Crippen molar-refractivity contribution in [3.63, 3.8) is 0 Å². The third-order valence-electron chi connectivity index (χ3n) is 5.25. The molecule has 3 aromatic rings. The number of aliphatic carboxylic acids is 1. The van der Waals surface area contributed by atoms with Gasteiger partial charge < -0.3 is 14.7 Å². The third kappa shape index (κ3) is 6.20. The predicted molar refractivity (Wildman–Crippen MR) is 127 cm³/mol. The molecule has 0 bridgehead atoms. The Morgan fingerprint density at radius 3 is 2.28 bits per heavy atom. The van der Waals surface area contributed by atoms with Crippen LogP contribution < -0.4 is 4.74 Å². The Kier molecular flexibility index (Phi) is 8.44. The summed E-state index contributed by atoms with van der Waals surface area (Å²) in [5, 5.41) is 13.6. The van der Waals surface area contributed by atoms with Gasteiger partial charge in [-0.05, 0) is 47.2 Å². The topological polar surface area (TPSA) is 68.1 Å². The molecular formula is C27H29NO4. The molecule has 5 heteroatoms. The number of rotatable bonds is 11. The van der Waals surface area contributed by atoms with Crippen molar-refractivity contribution in [1.82, 2.24) is 0 Å². The van der Waals surface area contributed by atoms with Gasteiger partial charge in [-0.2, -0.15) is 0 Å². The largest absolute Gasteiger partial charge is 0.490 e. The van der Waals surface area contributed by atoms with Gasteiger partial charge in [0.2, 0.25) is 0 Å². The van der Waals surface area contributed by atoms with Gasteiger partial charge in [0.15, 0.2) is 6.61 Å². The lowest BCUT2D eigenvalue weighted by molar-refractivity contribution is -0.138. The van der Waals surface area contributed by atoms with E-state index >= 15 is 0 Å². The van der Waals surface area contributed by atoms with E-state index in [-0.39, 0.29) is 0 Å². The molecule has 166 valence electrons. The number of benzene rings is 3. The Labute approximate surface area is 189 Å². The molecule has 0 fully saturated rings. The van der Waals surface area contributed by atoms with Crippen LogP contribution in [0.2, 0.25) is 0 Å². The molecule has 0 saturated carbocycles. The number of carboxylic acid groups (broad SMARTS) is 1. The van der Waals surface area contributed by atoms with Gasteiger partial charge >= 0.3 is 5.97 Å². The minimum absolute atomic E-state index is 0.298. The number of carboxylic acids is 1. The first kappa shape index (κ1) is 23.1. The van der Waals surface area contributed by atoms with Crippen molar-refractivity contribution in [2.24, 2.45) is 5.16 Å². The molecular weight excluding hydrogens is 402 g/mol. The number of carbonyl (C=O) groups is 1. The fraction of sp³-hybridized carbons (Fsp3) is 0.259. The van der Waals surface area contributed by atoms with Crippen LogP contribution in [0, 0.1) is 0 Å². The number of ether oxygens (including phenoxy) is 1. The number of oxime groups is 1. The second kappa shape index (κ2) is 11.7. The van der Waals surface area contributed by atoms with E-state index in [0.29, 0.717) is 25.4 Å². The van der Waals surface area contributed by atoms with Crippen LogP contribution in [0.4, 0.5) is 0 Å². The molecule has 1 unspecified atom stereocenters. The molecule has 32 heavy (non-hydrogen) atoms. The van der Waals surface area contributed by atoms with Gasteiger partial charge in [-0.15, -0.1) is 0 Å². The normalized spacial score (nSPS) is 12.2. The molecule has 5 nitrogen and oxygen atoms in total. The number of hydrogen-bond acceptors (Lipinski definition) is 4. The summed E-state index contributed by atoms with van der Waals surface area (Å²) in [5.41, 5.74) is 4.98. The lowest BCUT2D eigenvalue weighted by atomic mass is 9.97. The molecule has 1 N–H and O–H groups in total. The summed E-state index contributed by atoms with van der Waals surface area (Å²) in [5.74, 6) is -0.729. The lowest BCUT2D eigenvalue weighted by Crippen LogP contribution is -2.11. The number of nitrogens with zero attached hydrogens (tertiary/aromatic N) is 1. The van der Waals surface area contributed by atoms with Gasteiger partial charge in [0, 0.05) is 0 Å². The van der Waals surface area contributed by atoms with Gasteiger partial charge in [0.1, 0.15) is 12.4 Å². The summed E-state index contributed by atoms with van der Waals surface area (Å²) < 4.78 is 5.72. The average molecular weight is 432 g/mol. The van der Waals surface area contributed by atoms with Crippen molar-refractivity contribution in [3.05, 3.63) is 90.0 Å². The zero-order valence-corrected chi connectivity index (χ0v) is 18.5. The molecule has 0 radical (unpaired) electrons. The van der Waals surface area contributed by atoms with Crippen LogP contribution in [-0.2, 0) is 9.63 Å². The van der Waals surface area contributed by atoms with Gasteiger partial charge in [-0.25, -0.2) is 0 Å². The van der Waals surface area contributed by atoms with Gasteiger partial charge in [-0.3, -0.25) is 4.79 Å². The first-order valence-electron chi connectivity index (χ1n) is 10.9. The highest BCUT2D eigenvalue weighted by atomic mass is 16.6. The quantitative estimate of drug-likeness (QED) is 0.225. The smallest absolute Gasteiger partial charge is 0.310 e. The van der Waals surface area contributed by atoms with Gasteiger partial charge in [-0.1, -0.05) is 85.7 Å². The van der Waals surface area contributed by atoms with Crippen LogP contribution in [-0.4, -0.2) is 30.0 Å². The first-order valence-corrected chi connectivity index (χ1v) is 10.9. The fourth-order valence-electron chi connectivity index (χ4n) is 3.50. The molecule has 0 aromatic heterocycles. The zero-order valence-electron chi connectivity index (χ0n) is 18.5. The van der Waals surface area contributed by atoms with Crippen molar-refractivity contribution in [3.8, 4) is 16.9 Å². The van der Waals surface area contributed by atoms with E-state index in [9.17, 15) is 9.90 Å². The molecule has 0 saturated heterocycles. The fourth-order valence-corrected chi connectivity index (χ4v) is 3.50. The highest BCUT2D eigenvalue weighted by Gasteiger charge is 2.17. The van der Waals surface area contributed by atoms with Crippen molar-refractivity contribution in [2.75, 3.05) is 13.2 Å². The van der Waals surface area contributed by atoms with Crippen molar-refractivity contribution < 1.29 is 19.5 Å². The lowest BCUT2D eigenvalue weighted by Gasteiger charge is -2.12. The minimum atomic E-state index is -0.828. The maximum atomic E-state index is 11.4. The Balaban J connectivity index is 1.53. The molecule has 3 rings (SSSR count). The highest BCUT2D eigenvalue weighted by molar-refractivity contribution is 6.00. The Bertz CT molecular complexity index is 1030. The summed E-state index contributed by atoms with van der Waals surface area (Å²) in [6, 6.07) is 25.8. The monoisotopic (exact) mass is 431 g/mol. The molecule has 1 atom stereocenters. The molecule has 0 aliphatic heterocycles. The van der Waals surface area contributed by atoms with Crippen LogP contribution in [0.5, 0.6) is 5.75 Å². The second-order valence-corrected chi connectivity index (χ2v) is 7.39.